The van der Waals surface area contributed by atoms with E-state index in [0.29, 0.717) is 5.56 Å². The van der Waals surface area contributed by atoms with Crippen LogP contribution in [0.5, 0.6) is 0 Å². The summed E-state index contributed by atoms with van der Waals surface area (Å²) in [4.78, 5) is -0.0117. The van der Waals surface area contributed by atoms with E-state index in [1.807, 2.05) is 13.8 Å². The molecule has 1 rings (SSSR count). The van der Waals surface area contributed by atoms with Crippen molar-refractivity contribution in [2.75, 3.05) is 19.3 Å². The van der Waals surface area contributed by atoms with Crippen molar-refractivity contribution in [3.05, 3.63) is 23.8 Å². The van der Waals surface area contributed by atoms with E-state index < -0.39 is 19.9 Å². The second-order valence-corrected chi connectivity index (χ2v) is 8.76. The summed E-state index contributed by atoms with van der Waals surface area (Å²) >= 11 is 0. The molecule has 6 nitrogen and oxygen atoms in total. The monoisotopic (exact) mass is 370 g/mol. The van der Waals surface area contributed by atoms with E-state index in [0.717, 1.165) is 12.8 Å². The molecule has 0 aromatic heterocycles. The molecular formula is C13H23ClN2O4S2. The van der Waals surface area contributed by atoms with Gasteiger partial charge < -0.3 is 5.32 Å². The summed E-state index contributed by atoms with van der Waals surface area (Å²) in [5.41, 5.74) is 0.506. The Labute approximate surface area is 139 Å². The Morgan fingerprint density at radius 2 is 1.77 bits per heavy atom. The fourth-order valence-corrected chi connectivity index (χ4v) is 3.95. The number of sulfone groups is 1. The number of rotatable bonds is 7. The maximum absolute atomic E-state index is 12.3. The van der Waals surface area contributed by atoms with Gasteiger partial charge in [-0.1, -0.05) is 13.0 Å². The zero-order valence-corrected chi connectivity index (χ0v) is 15.5. The molecule has 1 aromatic carbocycles. The first-order valence-corrected chi connectivity index (χ1v) is 9.99. The minimum Gasteiger partial charge on any atom is -0.313 e. The number of hydrogen-bond donors (Lipinski definition) is 2. The zero-order valence-electron chi connectivity index (χ0n) is 13.1. The predicted molar refractivity (Wildman–Crippen MR) is 89.9 cm³/mol. The maximum atomic E-state index is 12.3. The van der Waals surface area contributed by atoms with Crippen molar-refractivity contribution in [1.82, 2.24) is 10.0 Å². The lowest BCUT2D eigenvalue weighted by molar-refractivity contribution is 0.535. The highest BCUT2D eigenvalue weighted by Gasteiger charge is 2.20. The van der Waals surface area contributed by atoms with E-state index in [4.69, 9.17) is 0 Å². The summed E-state index contributed by atoms with van der Waals surface area (Å²) < 4.78 is 50.2. The topological polar surface area (TPSA) is 92.3 Å². The number of likely N-dealkylation sites (N-methyl/N-ethyl adjacent to an activating group) is 1. The number of halogens is 1. The Balaban J connectivity index is 0.00000441. The van der Waals surface area contributed by atoms with Crippen molar-refractivity contribution >= 4 is 32.3 Å². The van der Waals surface area contributed by atoms with Gasteiger partial charge in [0.25, 0.3) is 0 Å². The van der Waals surface area contributed by atoms with Gasteiger partial charge in [0.1, 0.15) is 0 Å². The third-order valence-electron chi connectivity index (χ3n) is 3.01. The summed E-state index contributed by atoms with van der Waals surface area (Å²) in [6.07, 6.45) is 1.05. The van der Waals surface area contributed by atoms with Gasteiger partial charge in [0.05, 0.1) is 9.79 Å². The fourth-order valence-electron chi connectivity index (χ4n) is 1.83. The number of hydrogen-bond acceptors (Lipinski definition) is 5. The first kappa shape index (κ1) is 21.3. The number of sulfonamides is 1. The third kappa shape index (κ3) is 5.85. The molecule has 2 N–H and O–H groups in total. The molecule has 0 aliphatic heterocycles. The van der Waals surface area contributed by atoms with Crippen LogP contribution in [0, 0.1) is 6.92 Å². The quantitative estimate of drug-likeness (QED) is 0.749. The predicted octanol–water partition coefficient (Wildman–Crippen LogP) is 1.10. The van der Waals surface area contributed by atoms with E-state index in [-0.39, 0.29) is 34.8 Å². The molecule has 0 saturated heterocycles. The lowest BCUT2D eigenvalue weighted by Gasteiger charge is -2.15. The van der Waals surface area contributed by atoms with E-state index in [9.17, 15) is 16.8 Å². The molecule has 0 bridgehead atoms. The molecule has 9 heteroatoms. The largest absolute Gasteiger partial charge is 0.313 e. The van der Waals surface area contributed by atoms with Gasteiger partial charge in [-0.3, -0.25) is 0 Å². The molecule has 0 aliphatic carbocycles. The maximum Gasteiger partial charge on any atom is 0.240 e. The lowest BCUT2D eigenvalue weighted by Crippen LogP contribution is -2.39. The van der Waals surface area contributed by atoms with Crippen molar-refractivity contribution in [1.29, 1.82) is 0 Å². The van der Waals surface area contributed by atoms with Gasteiger partial charge in [-0.2, -0.15) is 0 Å². The van der Waals surface area contributed by atoms with Gasteiger partial charge >= 0.3 is 0 Å². The SMILES string of the molecule is CCN[C@H](C)CNS(=O)(=O)c1cc(S(C)(=O)=O)ccc1C.Cl. The average molecular weight is 371 g/mol. The normalized spacial score (nSPS) is 13.5. The second kappa shape index (κ2) is 8.26. The molecule has 0 saturated carbocycles. The Morgan fingerprint density at radius 3 is 2.27 bits per heavy atom. The molecule has 0 radical (unpaired) electrons. The molecule has 128 valence electrons. The molecule has 0 fully saturated rings. The lowest BCUT2D eigenvalue weighted by atomic mass is 10.2. The van der Waals surface area contributed by atoms with Gasteiger partial charge in [0, 0.05) is 18.8 Å². The Bertz CT molecular complexity index is 703. The van der Waals surface area contributed by atoms with E-state index in [1.54, 1.807) is 6.92 Å². The molecule has 1 aromatic rings. The smallest absolute Gasteiger partial charge is 0.240 e. The van der Waals surface area contributed by atoms with Gasteiger partial charge in [-0.15, -0.1) is 12.4 Å². The molecule has 0 heterocycles. The number of nitrogens with one attached hydrogen (secondary N) is 2. The van der Waals surface area contributed by atoms with Crippen LogP contribution < -0.4 is 10.0 Å². The van der Waals surface area contributed by atoms with Crippen molar-refractivity contribution in [2.45, 2.75) is 36.6 Å². The van der Waals surface area contributed by atoms with Crippen LogP contribution in [0.1, 0.15) is 19.4 Å². The van der Waals surface area contributed by atoms with Crippen molar-refractivity contribution in [3.8, 4) is 0 Å². The number of aryl methyl sites for hydroxylation is 1. The third-order valence-corrected chi connectivity index (χ3v) is 5.69. The Hall–Kier alpha value is -0.670. The molecule has 0 unspecified atom stereocenters. The minimum atomic E-state index is -3.74. The van der Waals surface area contributed by atoms with Crippen molar-refractivity contribution in [3.63, 3.8) is 0 Å². The van der Waals surface area contributed by atoms with Crippen LogP contribution in [0.4, 0.5) is 0 Å². The van der Waals surface area contributed by atoms with Crippen LogP contribution >= 0.6 is 12.4 Å². The van der Waals surface area contributed by atoms with Crippen LogP contribution in [0.2, 0.25) is 0 Å². The summed E-state index contributed by atoms with van der Waals surface area (Å²) in [6, 6.07) is 4.09. The van der Waals surface area contributed by atoms with Crippen LogP contribution in [0.3, 0.4) is 0 Å². The molecule has 22 heavy (non-hydrogen) atoms. The average Bonchev–Trinajstić information content (AvgIpc) is 2.36. The molecule has 0 amide bonds. The van der Waals surface area contributed by atoms with Crippen LogP contribution in [0.25, 0.3) is 0 Å². The first-order valence-electron chi connectivity index (χ1n) is 6.61. The minimum absolute atomic E-state index is 0. The standard InChI is InChI=1S/C13H22N2O4S2.ClH/c1-5-14-11(3)9-15-21(18,19)13-8-12(20(4,16)17)7-6-10(13)2;/h6-8,11,14-15H,5,9H2,1-4H3;1H/t11-;/m1./s1. The summed E-state index contributed by atoms with van der Waals surface area (Å²) in [7, 11) is -7.19. The summed E-state index contributed by atoms with van der Waals surface area (Å²) in [5.74, 6) is 0. The Morgan fingerprint density at radius 1 is 1.18 bits per heavy atom. The first-order chi connectivity index (χ1) is 9.58. The van der Waals surface area contributed by atoms with Crippen molar-refractivity contribution in [2.24, 2.45) is 0 Å². The second-order valence-electron chi connectivity index (χ2n) is 5.01. The van der Waals surface area contributed by atoms with E-state index in [1.165, 1.54) is 18.2 Å². The van der Waals surface area contributed by atoms with Crippen LogP contribution in [0.15, 0.2) is 28.0 Å². The highest BCUT2D eigenvalue weighted by atomic mass is 35.5. The van der Waals surface area contributed by atoms with Crippen molar-refractivity contribution < 1.29 is 16.8 Å². The molecule has 0 aliphatic rings. The molecule has 0 spiro atoms. The molecular weight excluding hydrogens is 348 g/mol. The van der Waals surface area contributed by atoms with Gasteiger partial charge in [-0.05, 0) is 38.1 Å². The van der Waals surface area contributed by atoms with Gasteiger partial charge in [0.15, 0.2) is 9.84 Å². The molecule has 1 atom stereocenters. The zero-order chi connectivity index (χ0) is 16.3. The van der Waals surface area contributed by atoms with E-state index in [2.05, 4.69) is 10.0 Å². The Kier molecular flexibility index (Phi) is 8.01. The number of benzene rings is 1. The highest BCUT2D eigenvalue weighted by molar-refractivity contribution is 7.91. The van der Waals surface area contributed by atoms with Gasteiger partial charge in [0.2, 0.25) is 10.0 Å². The summed E-state index contributed by atoms with van der Waals surface area (Å²) in [6.45, 7) is 6.41. The van der Waals surface area contributed by atoms with Gasteiger partial charge in [-0.25, -0.2) is 21.6 Å². The van der Waals surface area contributed by atoms with E-state index >= 15 is 0 Å². The van der Waals surface area contributed by atoms with Crippen LogP contribution in [-0.4, -0.2) is 42.2 Å². The fraction of sp³-hybridized carbons (Fsp3) is 0.538. The summed E-state index contributed by atoms with van der Waals surface area (Å²) in [5, 5.41) is 3.10. The highest BCUT2D eigenvalue weighted by Crippen LogP contribution is 2.20. The van der Waals surface area contributed by atoms with Crippen LogP contribution in [-0.2, 0) is 19.9 Å².